The highest BCUT2D eigenvalue weighted by atomic mass is 16.5. The first-order chi connectivity index (χ1) is 13.9. The number of rotatable bonds is 5. The minimum absolute atomic E-state index is 0.0731. The van der Waals surface area contributed by atoms with Gasteiger partial charge in [-0.25, -0.2) is 9.59 Å². The van der Waals surface area contributed by atoms with E-state index in [-0.39, 0.29) is 12.1 Å². The number of carbonyl (C=O) groups is 2. The second kappa shape index (κ2) is 8.99. The first kappa shape index (κ1) is 21.4. The molecule has 1 aliphatic rings. The fourth-order valence-electron chi connectivity index (χ4n) is 4.55. The molecule has 0 unspecified atom stereocenters. The highest BCUT2D eigenvalue weighted by molar-refractivity contribution is 5.95. The van der Waals surface area contributed by atoms with Crippen molar-refractivity contribution in [2.24, 2.45) is 17.8 Å². The van der Waals surface area contributed by atoms with Crippen LogP contribution >= 0.6 is 0 Å². The monoisotopic (exact) mass is 400 g/mol. The van der Waals surface area contributed by atoms with Crippen molar-refractivity contribution < 1.29 is 19.1 Å². The van der Waals surface area contributed by atoms with Crippen LogP contribution in [0, 0.1) is 17.8 Å². The molecule has 3 rings (SSSR count). The van der Waals surface area contributed by atoms with Gasteiger partial charge in [-0.05, 0) is 43.7 Å². The lowest BCUT2D eigenvalue weighted by molar-refractivity contribution is -0.158. The second-order valence-electron chi connectivity index (χ2n) is 8.46. The molecule has 4 atom stereocenters. The fourth-order valence-corrected chi connectivity index (χ4v) is 4.55. The molecule has 158 valence electrons. The number of benzene rings is 1. The lowest BCUT2D eigenvalue weighted by Gasteiger charge is -2.37. The van der Waals surface area contributed by atoms with Crippen molar-refractivity contribution in [2.45, 2.75) is 52.2 Å². The van der Waals surface area contributed by atoms with E-state index in [4.69, 9.17) is 9.47 Å². The summed E-state index contributed by atoms with van der Waals surface area (Å²) in [5.74, 6) is 1.10. The lowest BCUT2D eigenvalue weighted by Crippen LogP contribution is -2.38. The van der Waals surface area contributed by atoms with Gasteiger partial charge in [0.1, 0.15) is 12.1 Å². The van der Waals surface area contributed by atoms with E-state index in [1.165, 1.54) is 18.1 Å². The van der Waals surface area contributed by atoms with Crippen LogP contribution in [0.3, 0.4) is 0 Å². The van der Waals surface area contributed by atoms with E-state index in [1.807, 2.05) is 24.3 Å². The third-order valence-electron chi connectivity index (χ3n) is 6.18. The van der Waals surface area contributed by atoms with Crippen molar-refractivity contribution in [3.8, 4) is 0 Å². The van der Waals surface area contributed by atoms with Crippen molar-refractivity contribution in [3.05, 3.63) is 36.0 Å². The molecule has 2 aromatic rings. The van der Waals surface area contributed by atoms with Crippen molar-refractivity contribution in [3.63, 3.8) is 0 Å². The number of methoxy groups -OCH3 is 1. The van der Waals surface area contributed by atoms with Crippen molar-refractivity contribution >= 4 is 23.0 Å². The van der Waals surface area contributed by atoms with Crippen LogP contribution in [0.25, 0.3) is 10.9 Å². The minimum Gasteiger partial charge on any atom is -0.461 e. The van der Waals surface area contributed by atoms with Crippen molar-refractivity contribution in [2.75, 3.05) is 14.2 Å². The molecule has 1 aromatic heterocycles. The summed E-state index contributed by atoms with van der Waals surface area (Å²) < 4.78 is 12.4. The van der Waals surface area contributed by atoms with Crippen LogP contribution in [-0.2, 0) is 14.3 Å². The molecule has 0 bridgehead atoms. The maximum atomic E-state index is 13.2. The van der Waals surface area contributed by atoms with Crippen LogP contribution in [0.5, 0.6) is 0 Å². The van der Waals surface area contributed by atoms with Gasteiger partial charge in [0.05, 0.1) is 12.6 Å². The first-order valence-electron chi connectivity index (χ1n) is 10.4. The van der Waals surface area contributed by atoms with E-state index < -0.39 is 12.1 Å². The number of hydrogen-bond donors (Lipinski definition) is 1. The number of esters is 1. The maximum absolute atomic E-state index is 13.2. The van der Waals surface area contributed by atoms with Gasteiger partial charge >= 0.3 is 12.1 Å². The molecule has 1 fully saturated rings. The largest absolute Gasteiger partial charge is 0.461 e. The third-order valence-corrected chi connectivity index (χ3v) is 6.18. The molecular weight excluding hydrogens is 368 g/mol. The number of ether oxygens (including phenoxy) is 2. The molecule has 29 heavy (non-hydrogen) atoms. The Labute approximate surface area is 172 Å². The Balaban J connectivity index is 1.91. The number of fused-ring (bicyclic) bond motifs is 1. The molecule has 0 radical (unpaired) electrons. The molecule has 0 spiro atoms. The number of carbonyl (C=O) groups excluding carboxylic acids is 2. The van der Waals surface area contributed by atoms with Crippen LogP contribution < -0.4 is 5.32 Å². The standard InChI is InChI=1S/C23H32N2O4/c1-14(2)16-11-10-15(3)12-20(16)29-22(26)21(24-4)18-13-25(23(27)28-5)19-9-7-6-8-17(18)19/h6-9,13-16,20-21,24H,10-12H2,1-5H3/t15-,16+,20-,21+/m1/s1. The van der Waals surface area contributed by atoms with Crippen LogP contribution in [0.2, 0.25) is 0 Å². The van der Waals surface area contributed by atoms with Gasteiger partial charge in [-0.3, -0.25) is 4.57 Å². The topological polar surface area (TPSA) is 69.6 Å². The summed E-state index contributed by atoms with van der Waals surface area (Å²) in [4.78, 5) is 25.4. The van der Waals surface area contributed by atoms with E-state index in [1.54, 1.807) is 13.2 Å². The van der Waals surface area contributed by atoms with Gasteiger partial charge in [0, 0.05) is 17.1 Å². The molecule has 1 aromatic carbocycles. The molecule has 1 heterocycles. The normalized spacial score (nSPS) is 23.2. The van der Waals surface area contributed by atoms with Gasteiger partial charge in [0.15, 0.2) is 0 Å². The van der Waals surface area contributed by atoms with E-state index in [2.05, 4.69) is 26.1 Å². The number of nitrogens with one attached hydrogen (secondary N) is 1. The smallest absolute Gasteiger partial charge is 0.418 e. The molecule has 1 N–H and O–H groups in total. The van der Waals surface area contributed by atoms with Crippen LogP contribution in [0.15, 0.2) is 30.5 Å². The van der Waals surface area contributed by atoms with Crippen molar-refractivity contribution in [1.29, 1.82) is 0 Å². The fraction of sp³-hybridized carbons (Fsp3) is 0.565. The molecule has 0 saturated heterocycles. The average molecular weight is 401 g/mol. The minimum atomic E-state index is -0.657. The first-order valence-corrected chi connectivity index (χ1v) is 10.4. The van der Waals surface area contributed by atoms with Crippen LogP contribution in [0.4, 0.5) is 4.79 Å². The van der Waals surface area contributed by atoms with Gasteiger partial charge in [0.2, 0.25) is 0 Å². The summed E-state index contributed by atoms with van der Waals surface area (Å²) in [5.41, 5.74) is 1.41. The quantitative estimate of drug-likeness (QED) is 0.747. The van der Waals surface area contributed by atoms with Gasteiger partial charge < -0.3 is 14.8 Å². The summed E-state index contributed by atoms with van der Waals surface area (Å²) in [5, 5.41) is 3.91. The van der Waals surface area contributed by atoms with Gasteiger partial charge in [-0.1, -0.05) is 45.4 Å². The van der Waals surface area contributed by atoms with Gasteiger partial charge in [0.25, 0.3) is 0 Å². The average Bonchev–Trinajstić information content (AvgIpc) is 3.07. The predicted molar refractivity (Wildman–Crippen MR) is 113 cm³/mol. The number of likely N-dealkylation sites (N-methyl/N-ethyl adjacent to an activating group) is 1. The Morgan fingerprint density at radius 3 is 2.59 bits per heavy atom. The molecule has 0 aliphatic heterocycles. The van der Waals surface area contributed by atoms with Crippen LogP contribution in [0.1, 0.15) is 51.6 Å². The summed E-state index contributed by atoms with van der Waals surface area (Å²) in [6.45, 7) is 6.61. The zero-order valence-electron chi connectivity index (χ0n) is 18.0. The predicted octanol–water partition coefficient (Wildman–Crippen LogP) is 4.52. The summed E-state index contributed by atoms with van der Waals surface area (Å²) in [6.07, 6.45) is 4.27. The van der Waals surface area contributed by atoms with Gasteiger partial charge in [-0.2, -0.15) is 0 Å². The molecule has 1 aliphatic carbocycles. The summed E-state index contributed by atoms with van der Waals surface area (Å²) >= 11 is 0. The number of para-hydroxylation sites is 1. The summed E-state index contributed by atoms with van der Waals surface area (Å²) in [7, 11) is 3.08. The number of nitrogens with zero attached hydrogens (tertiary/aromatic N) is 1. The lowest BCUT2D eigenvalue weighted by atomic mass is 9.75. The maximum Gasteiger partial charge on any atom is 0.418 e. The molecule has 0 amide bonds. The van der Waals surface area contributed by atoms with Gasteiger partial charge in [-0.15, -0.1) is 0 Å². The van der Waals surface area contributed by atoms with E-state index >= 15 is 0 Å². The highest BCUT2D eigenvalue weighted by Crippen LogP contribution is 2.36. The highest BCUT2D eigenvalue weighted by Gasteiger charge is 2.35. The number of aromatic nitrogens is 1. The van der Waals surface area contributed by atoms with E-state index in [0.717, 1.165) is 18.2 Å². The number of hydrogen-bond acceptors (Lipinski definition) is 5. The molecular formula is C23H32N2O4. The third kappa shape index (κ3) is 4.32. The van der Waals surface area contributed by atoms with E-state index in [0.29, 0.717) is 28.8 Å². The molecule has 6 heteroatoms. The Morgan fingerprint density at radius 2 is 1.93 bits per heavy atom. The Morgan fingerprint density at radius 1 is 1.21 bits per heavy atom. The van der Waals surface area contributed by atoms with Crippen molar-refractivity contribution in [1.82, 2.24) is 9.88 Å². The zero-order chi connectivity index (χ0) is 21.1. The van der Waals surface area contributed by atoms with E-state index in [9.17, 15) is 9.59 Å². The molecule has 6 nitrogen and oxygen atoms in total. The Hall–Kier alpha value is -2.34. The SMILES string of the molecule is CN[C@H](C(=O)O[C@@H]1C[C@H](C)CC[C@H]1C(C)C)c1cn(C(=O)OC)c2ccccc12. The summed E-state index contributed by atoms with van der Waals surface area (Å²) in [6, 6.07) is 6.83. The Bertz CT molecular complexity index is 873. The van der Waals surface area contributed by atoms with Crippen LogP contribution in [-0.4, -0.2) is 36.9 Å². The zero-order valence-corrected chi connectivity index (χ0v) is 18.0. The second-order valence-corrected chi connectivity index (χ2v) is 8.46. The molecule has 1 saturated carbocycles. The Kier molecular flexibility index (Phi) is 6.63.